The number of carbonyl (C=O) groups is 1. The van der Waals surface area contributed by atoms with Crippen LogP contribution >= 0.6 is 0 Å². The lowest BCUT2D eigenvalue weighted by Crippen LogP contribution is -2.39. The summed E-state index contributed by atoms with van der Waals surface area (Å²) in [5.41, 5.74) is 0. The Morgan fingerprint density at radius 2 is 1.95 bits per heavy atom. The Balaban J connectivity index is 4.53. The van der Waals surface area contributed by atoms with Crippen LogP contribution in [0.3, 0.4) is 0 Å². The van der Waals surface area contributed by atoms with Gasteiger partial charge in [-0.3, -0.25) is 9.69 Å². The predicted octanol–water partition coefficient (Wildman–Crippen LogP) is 1.25. The van der Waals surface area contributed by atoms with Crippen LogP contribution in [0.2, 0.25) is 0 Å². The van der Waals surface area contributed by atoms with E-state index in [1.807, 2.05) is 0 Å². The van der Waals surface area contributed by atoms with E-state index in [1.54, 1.807) is 38.7 Å². The Morgan fingerprint density at radius 1 is 1.37 bits per heavy atom. The van der Waals surface area contributed by atoms with E-state index >= 15 is 0 Å². The first-order valence-electron chi connectivity index (χ1n) is 6.35. The number of esters is 1. The third kappa shape index (κ3) is 6.73. The Bertz CT molecular complexity index is 395. The fourth-order valence-electron chi connectivity index (χ4n) is 1.36. The molecule has 0 bridgehead atoms. The van der Waals surface area contributed by atoms with E-state index in [0.29, 0.717) is 19.7 Å². The summed E-state index contributed by atoms with van der Waals surface area (Å²) in [5.74, 6) is -0.332. The Labute approximate surface area is 116 Å². The number of nitrogens with zero attached hydrogens (tertiary/aromatic N) is 1. The molecule has 0 heterocycles. The highest BCUT2D eigenvalue weighted by atomic mass is 32.2. The molecule has 0 radical (unpaired) electrons. The first-order chi connectivity index (χ1) is 8.64. The second-order valence-electron chi connectivity index (χ2n) is 5.26. The van der Waals surface area contributed by atoms with E-state index in [1.165, 1.54) is 0 Å². The van der Waals surface area contributed by atoms with Gasteiger partial charge in [-0.1, -0.05) is 6.08 Å². The molecule has 19 heavy (non-hydrogen) atoms. The Hall–Kier alpha value is -0.880. The Kier molecular flexibility index (Phi) is 7.29. The van der Waals surface area contributed by atoms with Crippen LogP contribution in [0.25, 0.3) is 0 Å². The maximum atomic E-state index is 12.0. The van der Waals surface area contributed by atoms with Crippen molar-refractivity contribution in [3.05, 3.63) is 12.7 Å². The fourth-order valence-corrected chi connectivity index (χ4v) is 2.47. The molecular formula is C13H25NO4S. The largest absolute Gasteiger partial charge is 0.465 e. The summed E-state index contributed by atoms with van der Waals surface area (Å²) < 4.78 is 28.1. The molecule has 0 spiro atoms. The molecule has 0 amide bonds. The highest BCUT2D eigenvalue weighted by Crippen LogP contribution is 2.15. The van der Waals surface area contributed by atoms with Gasteiger partial charge in [-0.15, -0.1) is 6.58 Å². The molecule has 6 heteroatoms. The minimum Gasteiger partial charge on any atom is -0.465 e. The highest BCUT2D eigenvalue weighted by molar-refractivity contribution is 7.92. The molecule has 0 N–H and O–H groups in total. The van der Waals surface area contributed by atoms with Crippen molar-refractivity contribution in [3.63, 3.8) is 0 Å². The number of hydrogen-bond acceptors (Lipinski definition) is 5. The molecule has 0 aliphatic rings. The molecule has 0 saturated heterocycles. The lowest BCUT2D eigenvalue weighted by molar-refractivity contribution is -0.144. The molecule has 0 aromatic heterocycles. The summed E-state index contributed by atoms with van der Waals surface area (Å²) in [6.45, 7) is 11.5. The average Bonchev–Trinajstić information content (AvgIpc) is 2.25. The molecule has 0 saturated carbocycles. The first-order valence-corrected chi connectivity index (χ1v) is 8.00. The quantitative estimate of drug-likeness (QED) is 0.497. The topological polar surface area (TPSA) is 63.7 Å². The maximum Gasteiger partial charge on any atom is 0.320 e. The number of sulfone groups is 1. The maximum absolute atomic E-state index is 12.0. The SMILES string of the molecule is C=CCN(CCS(=O)(=O)C(C)(C)C)CC(=O)OCC. The highest BCUT2D eigenvalue weighted by Gasteiger charge is 2.29. The van der Waals surface area contributed by atoms with Crippen LogP contribution in [0.15, 0.2) is 12.7 Å². The molecule has 112 valence electrons. The molecule has 0 fully saturated rings. The van der Waals surface area contributed by atoms with Gasteiger partial charge >= 0.3 is 5.97 Å². The van der Waals surface area contributed by atoms with Crippen LogP contribution in [-0.2, 0) is 19.4 Å². The van der Waals surface area contributed by atoms with E-state index in [2.05, 4.69) is 6.58 Å². The lowest BCUT2D eigenvalue weighted by atomic mass is 10.3. The van der Waals surface area contributed by atoms with E-state index in [4.69, 9.17) is 4.74 Å². The zero-order valence-electron chi connectivity index (χ0n) is 12.3. The van der Waals surface area contributed by atoms with Gasteiger partial charge in [0.05, 0.1) is 23.7 Å². The van der Waals surface area contributed by atoms with Gasteiger partial charge in [-0.25, -0.2) is 8.42 Å². The summed E-state index contributed by atoms with van der Waals surface area (Å²) in [6.07, 6.45) is 1.64. The van der Waals surface area contributed by atoms with E-state index in [0.717, 1.165) is 0 Å². The first kappa shape index (κ1) is 18.1. The van der Waals surface area contributed by atoms with Crippen molar-refractivity contribution in [2.24, 2.45) is 0 Å². The monoisotopic (exact) mass is 291 g/mol. The zero-order valence-corrected chi connectivity index (χ0v) is 13.1. The number of ether oxygens (including phenoxy) is 1. The molecule has 0 atom stereocenters. The van der Waals surface area contributed by atoms with Crippen LogP contribution in [0, 0.1) is 0 Å². The average molecular weight is 291 g/mol. The molecule has 0 aliphatic heterocycles. The van der Waals surface area contributed by atoms with Gasteiger partial charge < -0.3 is 4.74 Å². The minimum atomic E-state index is -3.19. The second kappa shape index (κ2) is 7.65. The van der Waals surface area contributed by atoms with Crippen molar-refractivity contribution in [2.75, 3.05) is 32.0 Å². The molecule has 0 aliphatic carbocycles. The predicted molar refractivity (Wildman–Crippen MR) is 76.8 cm³/mol. The van der Waals surface area contributed by atoms with Gasteiger partial charge in [0.2, 0.25) is 0 Å². The third-order valence-corrected chi connectivity index (χ3v) is 5.24. The zero-order chi connectivity index (χ0) is 15.1. The smallest absolute Gasteiger partial charge is 0.320 e. The van der Waals surface area contributed by atoms with Gasteiger partial charge in [0, 0.05) is 13.1 Å². The van der Waals surface area contributed by atoms with Crippen LogP contribution in [-0.4, -0.2) is 56.0 Å². The molecule has 0 aromatic carbocycles. The lowest BCUT2D eigenvalue weighted by Gasteiger charge is -2.23. The summed E-state index contributed by atoms with van der Waals surface area (Å²) in [6, 6.07) is 0. The minimum absolute atomic E-state index is 0.0176. The third-order valence-electron chi connectivity index (χ3n) is 2.65. The fraction of sp³-hybridized carbons (Fsp3) is 0.769. The van der Waals surface area contributed by atoms with Crippen molar-refractivity contribution >= 4 is 15.8 Å². The number of hydrogen-bond donors (Lipinski definition) is 0. The van der Waals surface area contributed by atoms with Crippen molar-refractivity contribution in [3.8, 4) is 0 Å². The summed E-state index contributed by atoms with van der Waals surface area (Å²) in [4.78, 5) is 13.1. The normalized spacial score (nSPS) is 12.5. The van der Waals surface area contributed by atoms with E-state index < -0.39 is 14.6 Å². The summed E-state index contributed by atoms with van der Waals surface area (Å²) in [5, 5.41) is 0. The molecule has 0 aromatic rings. The summed E-state index contributed by atoms with van der Waals surface area (Å²) in [7, 11) is -3.19. The van der Waals surface area contributed by atoms with Crippen molar-refractivity contribution < 1.29 is 17.9 Å². The van der Waals surface area contributed by atoms with Gasteiger partial charge in [0.1, 0.15) is 0 Å². The van der Waals surface area contributed by atoms with Gasteiger partial charge in [0.25, 0.3) is 0 Å². The van der Waals surface area contributed by atoms with Crippen LogP contribution in [0.5, 0.6) is 0 Å². The van der Waals surface area contributed by atoms with Crippen molar-refractivity contribution in [2.45, 2.75) is 32.4 Å². The van der Waals surface area contributed by atoms with Gasteiger partial charge in [-0.05, 0) is 27.7 Å². The van der Waals surface area contributed by atoms with Crippen molar-refractivity contribution in [1.82, 2.24) is 4.90 Å². The van der Waals surface area contributed by atoms with Crippen LogP contribution in [0.1, 0.15) is 27.7 Å². The van der Waals surface area contributed by atoms with Crippen LogP contribution in [0.4, 0.5) is 0 Å². The number of carbonyl (C=O) groups excluding carboxylic acids is 1. The second-order valence-corrected chi connectivity index (χ2v) is 8.12. The molecular weight excluding hydrogens is 266 g/mol. The standard InChI is InChI=1S/C13H25NO4S/c1-6-8-14(11-12(15)18-7-2)9-10-19(16,17)13(3,4)5/h6H,1,7-11H2,2-5H3. The van der Waals surface area contributed by atoms with Crippen molar-refractivity contribution in [1.29, 1.82) is 0 Å². The van der Waals surface area contributed by atoms with Gasteiger partial charge in [-0.2, -0.15) is 0 Å². The molecule has 5 nitrogen and oxygen atoms in total. The van der Waals surface area contributed by atoms with Crippen LogP contribution < -0.4 is 0 Å². The molecule has 0 unspecified atom stereocenters. The molecule has 0 rings (SSSR count). The summed E-state index contributed by atoms with van der Waals surface area (Å²) >= 11 is 0. The Morgan fingerprint density at radius 3 is 2.37 bits per heavy atom. The van der Waals surface area contributed by atoms with E-state index in [-0.39, 0.29) is 18.3 Å². The van der Waals surface area contributed by atoms with E-state index in [9.17, 15) is 13.2 Å². The number of rotatable bonds is 8. The van der Waals surface area contributed by atoms with Gasteiger partial charge in [0.15, 0.2) is 9.84 Å².